The zero-order chi connectivity index (χ0) is 14.3. The molecule has 3 nitrogen and oxygen atoms in total. The summed E-state index contributed by atoms with van der Waals surface area (Å²) in [6, 6.07) is 8.86. The van der Waals surface area contributed by atoms with Crippen molar-refractivity contribution >= 4 is 0 Å². The summed E-state index contributed by atoms with van der Waals surface area (Å²) in [6.45, 7) is 4.51. The number of rotatable bonds is 9. The zero-order valence-electron chi connectivity index (χ0n) is 12.9. The fourth-order valence-electron chi connectivity index (χ4n) is 3.00. The molecule has 0 amide bonds. The van der Waals surface area contributed by atoms with E-state index in [1.54, 1.807) is 5.56 Å². The van der Waals surface area contributed by atoms with Crippen molar-refractivity contribution < 1.29 is 9.47 Å². The van der Waals surface area contributed by atoms with Gasteiger partial charge in [-0.2, -0.15) is 0 Å². The lowest BCUT2D eigenvalue weighted by molar-refractivity contribution is 0.0166. The molecule has 2 fully saturated rings. The SMILES string of the molecule is c1ccc(C2CC2)c(CNCCCOCC2CCCO2)c1. The summed E-state index contributed by atoms with van der Waals surface area (Å²) in [7, 11) is 0. The molecule has 2 aliphatic rings. The first-order chi connectivity index (χ1) is 10.4. The Labute approximate surface area is 128 Å². The van der Waals surface area contributed by atoms with Crippen LogP contribution in [0, 0.1) is 0 Å². The van der Waals surface area contributed by atoms with Gasteiger partial charge in [0.25, 0.3) is 0 Å². The second kappa shape index (κ2) is 7.92. The van der Waals surface area contributed by atoms with Crippen LogP contribution in [0.2, 0.25) is 0 Å². The quantitative estimate of drug-likeness (QED) is 0.708. The predicted octanol–water partition coefficient (Wildman–Crippen LogP) is 3.24. The molecule has 1 unspecified atom stereocenters. The number of hydrogen-bond donors (Lipinski definition) is 1. The van der Waals surface area contributed by atoms with E-state index in [0.29, 0.717) is 6.10 Å². The molecule has 3 rings (SSSR count). The Hall–Kier alpha value is -0.900. The van der Waals surface area contributed by atoms with E-state index in [1.807, 2.05) is 0 Å². The van der Waals surface area contributed by atoms with Gasteiger partial charge in [0.1, 0.15) is 0 Å². The summed E-state index contributed by atoms with van der Waals surface area (Å²) in [5.41, 5.74) is 3.03. The Morgan fingerprint density at radius 1 is 1.19 bits per heavy atom. The van der Waals surface area contributed by atoms with Gasteiger partial charge in [-0.25, -0.2) is 0 Å². The van der Waals surface area contributed by atoms with Crippen molar-refractivity contribution in [2.24, 2.45) is 0 Å². The topological polar surface area (TPSA) is 30.5 Å². The van der Waals surface area contributed by atoms with Crippen molar-refractivity contribution in [2.45, 2.75) is 50.7 Å². The van der Waals surface area contributed by atoms with Crippen LogP contribution in [0.25, 0.3) is 0 Å². The average Bonchev–Trinajstić information content (AvgIpc) is 3.23. The smallest absolute Gasteiger partial charge is 0.0809 e. The molecule has 0 bridgehead atoms. The van der Waals surface area contributed by atoms with Gasteiger partial charge < -0.3 is 14.8 Å². The van der Waals surface area contributed by atoms with Crippen molar-refractivity contribution in [2.75, 3.05) is 26.4 Å². The van der Waals surface area contributed by atoms with Gasteiger partial charge in [-0.1, -0.05) is 24.3 Å². The highest BCUT2D eigenvalue weighted by Gasteiger charge is 2.25. The van der Waals surface area contributed by atoms with Crippen molar-refractivity contribution in [3.63, 3.8) is 0 Å². The minimum Gasteiger partial charge on any atom is -0.379 e. The van der Waals surface area contributed by atoms with Gasteiger partial charge in [0.05, 0.1) is 12.7 Å². The Bertz CT molecular complexity index is 425. The summed E-state index contributed by atoms with van der Waals surface area (Å²) in [5.74, 6) is 0.831. The maximum Gasteiger partial charge on any atom is 0.0809 e. The highest BCUT2D eigenvalue weighted by Crippen LogP contribution is 2.41. The molecule has 1 aliphatic carbocycles. The first kappa shape index (κ1) is 15.0. The van der Waals surface area contributed by atoms with Gasteiger partial charge in [-0.15, -0.1) is 0 Å². The minimum atomic E-state index is 0.350. The summed E-state index contributed by atoms with van der Waals surface area (Å²) >= 11 is 0. The number of nitrogens with one attached hydrogen (secondary N) is 1. The Balaban J connectivity index is 1.26. The van der Waals surface area contributed by atoms with Crippen LogP contribution in [0.4, 0.5) is 0 Å². The maximum atomic E-state index is 5.68. The van der Waals surface area contributed by atoms with Crippen LogP contribution in [0.3, 0.4) is 0 Å². The average molecular weight is 289 g/mol. The van der Waals surface area contributed by atoms with Crippen LogP contribution in [0.5, 0.6) is 0 Å². The number of hydrogen-bond acceptors (Lipinski definition) is 3. The molecule has 3 heteroatoms. The molecular formula is C18H27NO2. The van der Waals surface area contributed by atoms with Crippen LogP contribution in [-0.2, 0) is 16.0 Å². The largest absolute Gasteiger partial charge is 0.379 e. The third-order valence-corrected chi connectivity index (χ3v) is 4.36. The minimum absolute atomic E-state index is 0.350. The molecule has 1 aliphatic heterocycles. The molecule has 1 heterocycles. The van der Waals surface area contributed by atoms with Crippen LogP contribution in [0.1, 0.15) is 49.1 Å². The maximum absolute atomic E-state index is 5.68. The van der Waals surface area contributed by atoms with Gasteiger partial charge in [0.2, 0.25) is 0 Å². The van der Waals surface area contributed by atoms with E-state index in [4.69, 9.17) is 9.47 Å². The van der Waals surface area contributed by atoms with E-state index < -0.39 is 0 Å². The second-order valence-corrected chi connectivity index (χ2v) is 6.21. The number of ether oxygens (including phenoxy) is 2. The molecule has 1 atom stereocenters. The van der Waals surface area contributed by atoms with Crippen molar-refractivity contribution in [3.8, 4) is 0 Å². The predicted molar refractivity (Wildman–Crippen MR) is 84.5 cm³/mol. The highest BCUT2D eigenvalue weighted by atomic mass is 16.5. The molecular weight excluding hydrogens is 262 g/mol. The van der Waals surface area contributed by atoms with Crippen LogP contribution in [0.15, 0.2) is 24.3 Å². The third-order valence-electron chi connectivity index (χ3n) is 4.36. The van der Waals surface area contributed by atoms with Crippen LogP contribution >= 0.6 is 0 Å². The first-order valence-corrected chi connectivity index (χ1v) is 8.41. The van der Waals surface area contributed by atoms with E-state index in [0.717, 1.165) is 51.7 Å². The van der Waals surface area contributed by atoms with E-state index in [-0.39, 0.29) is 0 Å². The van der Waals surface area contributed by atoms with Gasteiger partial charge in [-0.3, -0.25) is 0 Å². The van der Waals surface area contributed by atoms with Crippen molar-refractivity contribution in [1.29, 1.82) is 0 Å². The van der Waals surface area contributed by atoms with E-state index >= 15 is 0 Å². The lowest BCUT2D eigenvalue weighted by atomic mass is 10.0. The second-order valence-electron chi connectivity index (χ2n) is 6.21. The molecule has 1 saturated heterocycles. The van der Waals surface area contributed by atoms with Crippen molar-refractivity contribution in [1.82, 2.24) is 5.32 Å². The van der Waals surface area contributed by atoms with E-state index in [9.17, 15) is 0 Å². The summed E-state index contributed by atoms with van der Waals surface area (Å²) in [4.78, 5) is 0. The highest BCUT2D eigenvalue weighted by molar-refractivity contribution is 5.33. The molecule has 21 heavy (non-hydrogen) atoms. The van der Waals surface area contributed by atoms with Gasteiger partial charge in [0.15, 0.2) is 0 Å². The van der Waals surface area contributed by atoms with Crippen LogP contribution in [-0.4, -0.2) is 32.5 Å². The normalized spacial score (nSPS) is 21.8. The first-order valence-electron chi connectivity index (χ1n) is 8.41. The van der Waals surface area contributed by atoms with Crippen LogP contribution < -0.4 is 5.32 Å². The van der Waals surface area contributed by atoms with E-state index in [2.05, 4.69) is 29.6 Å². The molecule has 1 aromatic carbocycles. The third kappa shape index (κ3) is 4.80. The molecule has 0 radical (unpaired) electrons. The van der Waals surface area contributed by atoms with E-state index in [1.165, 1.54) is 24.8 Å². The van der Waals surface area contributed by atoms with Gasteiger partial charge >= 0.3 is 0 Å². The standard InChI is InChI=1S/C18H27NO2/c1-2-7-18(15-8-9-15)16(5-1)13-19-10-4-11-20-14-17-6-3-12-21-17/h1-2,5,7,15,17,19H,3-4,6,8-14H2. The Morgan fingerprint density at radius 3 is 2.90 bits per heavy atom. The monoisotopic (exact) mass is 289 g/mol. The fourth-order valence-corrected chi connectivity index (χ4v) is 3.00. The summed E-state index contributed by atoms with van der Waals surface area (Å²) in [5, 5.41) is 3.54. The van der Waals surface area contributed by atoms with Crippen molar-refractivity contribution in [3.05, 3.63) is 35.4 Å². The van der Waals surface area contributed by atoms with Gasteiger partial charge in [0, 0.05) is 19.8 Å². The zero-order valence-corrected chi connectivity index (χ0v) is 12.9. The molecule has 0 spiro atoms. The lowest BCUT2D eigenvalue weighted by Crippen LogP contribution is -2.19. The summed E-state index contributed by atoms with van der Waals surface area (Å²) < 4.78 is 11.2. The number of benzene rings is 1. The lowest BCUT2D eigenvalue weighted by Gasteiger charge is -2.11. The molecule has 1 saturated carbocycles. The summed E-state index contributed by atoms with van der Waals surface area (Å²) in [6.07, 6.45) is 6.51. The van der Waals surface area contributed by atoms with Gasteiger partial charge in [-0.05, 0) is 55.7 Å². The molecule has 1 N–H and O–H groups in total. The Kier molecular flexibility index (Phi) is 5.67. The molecule has 116 valence electrons. The fraction of sp³-hybridized carbons (Fsp3) is 0.667. The molecule has 0 aromatic heterocycles. The Morgan fingerprint density at radius 2 is 2.10 bits per heavy atom. The molecule has 1 aromatic rings.